The third-order valence-corrected chi connectivity index (χ3v) is 3.28. The summed E-state index contributed by atoms with van der Waals surface area (Å²) in [5, 5.41) is 2.14. The summed E-state index contributed by atoms with van der Waals surface area (Å²) in [5.74, 6) is -1.99. The number of hydrogen-bond acceptors (Lipinski definition) is 4. The minimum absolute atomic E-state index is 0.121. The highest BCUT2D eigenvalue weighted by Crippen LogP contribution is 2.26. The van der Waals surface area contributed by atoms with Crippen LogP contribution in [0.3, 0.4) is 0 Å². The van der Waals surface area contributed by atoms with Gasteiger partial charge in [0.25, 0.3) is 11.8 Å². The SMILES string of the molecule is O=C1CCC(N2C(=O)c3c[c]ccc3C2=O)C(=O)N1. The van der Waals surface area contributed by atoms with Crippen molar-refractivity contribution >= 4 is 23.6 Å². The van der Waals surface area contributed by atoms with E-state index in [-0.39, 0.29) is 29.9 Å². The highest BCUT2D eigenvalue weighted by molar-refractivity contribution is 6.23. The van der Waals surface area contributed by atoms with Crippen LogP contribution in [0.2, 0.25) is 0 Å². The summed E-state index contributed by atoms with van der Waals surface area (Å²) in [6.07, 6.45) is 0.287. The Labute approximate surface area is 108 Å². The fourth-order valence-corrected chi connectivity index (χ4v) is 2.36. The van der Waals surface area contributed by atoms with E-state index in [1.54, 1.807) is 0 Å². The molecule has 2 aliphatic heterocycles. The summed E-state index contributed by atoms with van der Waals surface area (Å²) >= 11 is 0. The van der Waals surface area contributed by atoms with Crippen LogP contribution >= 0.6 is 0 Å². The fraction of sp³-hybridized carbons (Fsp3) is 0.231. The summed E-state index contributed by atoms with van der Waals surface area (Å²) in [6, 6.07) is 6.29. The average Bonchev–Trinajstić information content (AvgIpc) is 2.64. The highest BCUT2D eigenvalue weighted by atomic mass is 16.2. The summed E-state index contributed by atoms with van der Waals surface area (Å²) in [5.41, 5.74) is 0.519. The van der Waals surface area contributed by atoms with Gasteiger partial charge in [-0.1, -0.05) is 6.07 Å². The number of amides is 4. The van der Waals surface area contributed by atoms with Gasteiger partial charge in [-0.3, -0.25) is 29.4 Å². The molecule has 1 atom stereocenters. The van der Waals surface area contributed by atoms with Gasteiger partial charge in [-0.2, -0.15) is 0 Å². The normalized spacial score (nSPS) is 22.5. The van der Waals surface area contributed by atoms with E-state index in [0.29, 0.717) is 0 Å². The lowest BCUT2D eigenvalue weighted by Gasteiger charge is -2.27. The molecular weight excluding hydrogens is 248 g/mol. The first-order valence-electron chi connectivity index (χ1n) is 5.81. The molecule has 4 amide bonds. The monoisotopic (exact) mass is 257 g/mol. The Morgan fingerprint density at radius 3 is 2.58 bits per heavy atom. The van der Waals surface area contributed by atoms with Gasteiger partial charge < -0.3 is 0 Å². The number of carbonyl (C=O) groups is 4. The minimum Gasteiger partial charge on any atom is -0.295 e. The maximum Gasteiger partial charge on any atom is 0.262 e. The van der Waals surface area contributed by atoms with Crippen LogP contribution in [0.25, 0.3) is 0 Å². The largest absolute Gasteiger partial charge is 0.295 e. The summed E-state index contributed by atoms with van der Waals surface area (Å²) < 4.78 is 0. The molecule has 1 aromatic rings. The van der Waals surface area contributed by atoms with Crippen LogP contribution in [0.15, 0.2) is 18.2 Å². The van der Waals surface area contributed by atoms with Crippen molar-refractivity contribution in [2.24, 2.45) is 0 Å². The Morgan fingerprint density at radius 1 is 1.16 bits per heavy atom. The van der Waals surface area contributed by atoms with E-state index in [0.717, 1.165) is 4.90 Å². The number of fused-ring (bicyclic) bond motifs is 1. The maximum atomic E-state index is 12.2. The van der Waals surface area contributed by atoms with Crippen molar-refractivity contribution in [3.05, 3.63) is 35.4 Å². The van der Waals surface area contributed by atoms with Gasteiger partial charge in [-0.25, -0.2) is 0 Å². The summed E-state index contributed by atoms with van der Waals surface area (Å²) in [6.45, 7) is 0. The standard InChI is InChI=1S/C13H9N2O4/c16-10-6-5-9(11(17)14-10)15-12(18)7-3-1-2-4-8(7)13(15)19/h1,3-4,9H,5-6H2,(H,14,16,17). The number of carbonyl (C=O) groups excluding carboxylic acids is 4. The molecule has 1 fully saturated rings. The van der Waals surface area contributed by atoms with Crippen molar-refractivity contribution in [2.45, 2.75) is 18.9 Å². The number of imide groups is 2. The molecule has 6 heteroatoms. The van der Waals surface area contributed by atoms with Crippen LogP contribution in [0, 0.1) is 6.07 Å². The highest BCUT2D eigenvalue weighted by Gasteiger charge is 2.44. The van der Waals surface area contributed by atoms with Crippen molar-refractivity contribution in [2.75, 3.05) is 0 Å². The summed E-state index contributed by atoms with van der Waals surface area (Å²) in [4.78, 5) is 48.1. The van der Waals surface area contributed by atoms with E-state index in [4.69, 9.17) is 0 Å². The van der Waals surface area contributed by atoms with Crippen molar-refractivity contribution in [1.29, 1.82) is 0 Å². The lowest BCUT2D eigenvalue weighted by molar-refractivity contribution is -0.136. The number of hydrogen-bond donors (Lipinski definition) is 1. The van der Waals surface area contributed by atoms with E-state index >= 15 is 0 Å². The van der Waals surface area contributed by atoms with E-state index in [1.165, 1.54) is 18.2 Å². The van der Waals surface area contributed by atoms with Crippen molar-refractivity contribution in [3.8, 4) is 0 Å². The first-order valence-corrected chi connectivity index (χ1v) is 5.81. The molecule has 1 aromatic carbocycles. The number of piperidine rings is 1. The van der Waals surface area contributed by atoms with Crippen LogP contribution < -0.4 is 5.32 Å². The molecule has 0 aliphatic carbocycles. The first-order chi connectivity index (χ1) is 9.09. The Hall–Kier alpha value is -2.50. The molecule has 95 valence electrons. The van der Waals surface area contributed by atoms with Crippen LogP contribution in [-0.2, 0) is 9.59 Å². The van der Waals surface area contributed by atoms with Crippen molar-refractivity contribution < 1.29 is 19.2 Å². The van der Waals surface area contributed by atoms with Gasteiger partial charge in [0.2, 0.25) is 11.8 Å². The van der Waals surface area contributed by atoms with Crippen molar-refractivity contribution in [1.82, 2.24) is 10.2 Å². The minimum atomic E-state index is -0.912. The van der Waals surface area contributed by atoms with Gasteiger partial charge in [0.15, 0.2) is 0 Å². The molecule has 1 N–H and O–H groups in total. The molecule has 2 aliphatic rings. The maximum absolute atomic E-state index is 12.2. The van der Waals surface area contributed by atoms with E-state index < -0.39 is 23.8 Å². The third kappa shape index (κ3) is 1.64. The van der Waals surface area contributed by atoms with Gasteiger partial charge in [0, 0.05) is 6.42 Å². The van der Waals surface area contributed by atoms with Crippen LogP contribution in [0.4, 0.5) is 0 Å². The first kappa shape index (κ1) is 11.6. The lowest BCUT2D eigenvalue weighted by atomic mass is 10.0. The van der Waals surface area contributed by atoms with Gasteiger partial charge in [0.05, 0.1) is 11.1 Å². The smallest absolute Gasteiger partial charge is 0.262 e. The molecule has 0 bridgehead atoms. The molecule has 0 spiro atoms. The van der Waals surface area contributed by atoms with Gasteiger partial charge in [0.1, 0.15) is 6.04 Å². The lowest BCUT2D eigenvalue weighted by Crippen LogP contribution is -2.54. The molecular formula is C13H9N2O4. The number of rotatable bonds is 1. The van der Waals surface area contributed by atoms with Gasteiger partial charge in [-0.05, 0) is 24.6 Å². The predicted molar refractivity (Wildman–Crippen MR) is 61.9 cm³/mol. The second-order valence-electron chi connectivity index (χ2n) is 4.42. The van der Waals surface area contributed by atoms with Crippen molar-refractivity contribution in [3.63, 3.8) is 0 Å². The van der Waals surface area contributed by atoms with E-state index in [2.05, 4.69) is 11.4 Å². The molecule has 2 heterocycles. The second kappa shape index (κ2) is 4.01. The Morgan fingerprint density at radius 2 is 1.89 bits per heavy atom. The Balaban J connectivity index is 1.96. The molecule has 1 unspecified atom stereocenters. The molecule has 1 saturated heterocycles. The average molecular weight is 257 g/mol. The van der Waals surface area contributed by atoms with E-state index in [1.807, 2.05) is 0 Å². The third-order valence-electron chi connectivity index (χ3n) is 3.28. The zero-order valence-electron chi connectivity index (χ0n) is 9.80. The van der Waals surface area contributed by atoms with Crippen LogP contribution in [0.5, 0.6) is 0 Å². The van der Waals surface area contributed by atoms with Gasteiger partial charge in [-0.15, -0.1) is 0 Å². The predicted octanol–water partition coefficient (Wildman–Crippen LogP) is -0.112. The van der Waals surface area contributed by atoms with Crippen LogP contribution in [-0.4, -0.2) is 34.6 Å². The molecule has 0 aromatic heterocycles. The quantitative estimate of drug-likeness (QED) is 0.711. The second-order valence-corrected chi connectivity index (χ2v) is 4.42. The molecule has 0 saturated carbocycles. The number of nitrogens with zero attached hydrogens (tertiary/aromatic N) is 1. The number of benzene rings is 1. The number of nitrogens with one attached hydrogen (secondary N) is 1. The molecule has 6 nitrogen and oxygen atoms in total. The topological polar surface area (TPSA) is 83.6 Å². The van der Waals surface area contributed by atoms with E-state index in [9.17, 15) is 19.2 Å². The zero-order chi connectivity index (χ0) is 13.6. The zero-order valence-corrected chi connectivity index (χ0v) is 9.80. The molecule has 3 rings (SSSR count). The molecule has 19 heavy (non-hydrogen) atoms. The summed E-state index contributed by atoms with van der Waals surface area (Å²) in [7, 11) is 0. The van der Waals surface area contributed by atoms with Gasteiger partial charge >= 0.3 is 0 Å². The molecule has 1 radical (unpaired) electrons. The Kier molecular flexibility index (Phi) is 2.45. The Bertz CT molecular complexity index is 588. The van der Waals surface area contributed by atoms with Crippen LogP contribution in [0.1, 0.15) is 33.6 Å². The fourth-order valence-electron chi connectivity index (χ4n) is 2.36.